The molecule has 2 rings (SSSR count). The molecular weight excluding hydrogens is 240 g/mol. The van der Waals surface area contributed by atoms with Crippen LogP contribution in [0.5, 0.6) is 0 Å². The third-order valence-corrected chi connectivity index (χ3v) is 2.60. The molecule has 1 fully saturated rings. The van der Waals surface area contributed by atoms with Crippen molar-refractivity contribution in [2.75, 3.05) is 18.4 Å². The lowest BCUT2D eigenvalue weighted by Crippen LogP contribution is -2.35. The highest BCUT2D eigenvalue weighted by molar-refractivity contribution is 5.89. The third-order valence-electron chi connectivity index (χ3n) is 2.60. The van der Waals surface area contributed by atoms with Gasteiger partial charge in [-0.25, -0.2) is 13.6 Å². The predicted octanol–water partition coefficient (Wildman–Crippen LogP) is 1.84. The maximum atomic E-state index is 13.2. The van der Waals surface area contributed by atoms with Crippen molar-refractivity contribution in [1.82, 2.24) is 10.6 Å². The Morgan fingerprint density at radius 3 is 2.72 bits per heavy atom. The Balaban J connectivity index is 1.71. The molecule has 0 spiro atoms. The zero-order valence-electron chi connectivity index (χ0n) is 9.80. The molecule has 1 aromatic carbocycles. The van der Waals surface area contributed by atoms with Crippen LogP contribution in [-0.4, -0.2) is 25.2 Å². The van der Waals surface area contributed by atoms with Gasteiger partial charge in [0.15, 0.2) is 0 Å². The number of nitrogens with one attached hydrogen (secondary N) is 3. The van der Waals surface area contributed by atoms with Crippen LogP contribution in [0.1, 0.15) is 12.8 Å². The highest BCUT2D eigenvalue weighted by Crippen LogP contribution is 2.17. The molecule has 6 heteroatoms. The number of benzene rings is 1. The number of hydrogen-bond acceptors (Lipinski definition) is 2. The van der Waals surface area contributed by atoms with Gasteiger partial charge in [0.1, 0.15) is 11.6 Å². The minimum atomic E-state index is -0.791. The van der Waals surface area contributed by atoms with Crippen molar-refractivity contribution in [1.29, 1.82) is 0 Å². The van der Waals surface area contributed by atoms with E-state index in [9.17, 15) is 13.6 Å². The van der Waals surface area contributed by atoms with Crippen LogP contribution >= 0.6 is 0 Å². The Hall–Kier alpha value is -1.69. The van der Waals surface area contributed by atoms with Crippen LogP contribution in [0.15, 0.2) is 18.2 Å². The molecule has 0 radical (unpaired) electrons. The predicted molar refractivity (Wildman–Crippen MR) is 64.4 cm³/mol. The average Bonchev–Trinajstić information content (AvgIpc) is 3.12. The van der Waals surface area contributed by atoms with Crippen LogP contribution in [0, 0.1) is 11.6 Å². The summed E-state index contributed by atoms with van der Waals surface area (Å²) in [4.78, 5) is 11.4. The summed E-state index contributed by atoms with van der Waals surface area (Å²) in [7, 11) is 0. The van der Waals surface area contributed by atoms with E-state index in [2.05, 4.69) is 16.0 Å². The maximum absolute atomic E-state index is 13.2. The summed E-state index contributed by atoms with van der Waals surface area (Å²) < 4.78 is 25.9. The largest absolute Gasteiger partial charge is 0.337 e. The molecule has 1 aromatic rings. The molecule has 1 saturated carbocycles. The first-order chi connectivity index (χ1) is 8.65. The molecule has 3 N–H and O–H groups in total. The first-order valence-corrected chi connectivity index (χ1v) is 5.88. The van der Waals surface area contributed by atoms with E-state index in [0.29, 0.717) is 19.1 Å². The van der Waals surface area contributed by atoms with Gasteiger partial charge in [-0.1, -0.05) is 0 Å². The Kier molecular flexibility index (Phi) is 4.09. The van der Waals surface area contributed by atoms with Crippen molar-refractivity contribution in [3.8, 4) is 0 Å². The fourth-order valence-corrected chi connectivity index (χ4v) is 1.50. The monoisotopic (exact) mass is 255 g/mol. The van der Waals surface area contributed by atoms with E-state index >= 15 is 0 Å². The van der Waals surface area contributed by atoms with Crippen LogP contribution in [-0.2, 0) is 0 Å². The van der Waals surface area contributed by atoms with Crippen molar-refractivity contribution >= 4 is 11.7 Å². The molecule has 0 atom stereocenters. The molecule has 4 nitrogen and oxygen atoms in total. The topological polar surface area (TPSA) is 53.2 Å². The second-order valence-electron chi connectivity index (χ2n) is 4.23. The first kappa shape index (κ1) is 12.8. The molecule has 1 aliphatic carbocycles. The van der Waals surface area contributed by atoms with Gasteiger partial charge in [0, 0.05) is 25.2 Å². The lowest BCUT2D eigenvalue weighted by molar-refractivity contribution is 0.252. The number of rotatable bonds is 5. The molecule has 0 aromatic heterocycles. The summed E-state index contributed by atoms with van der Waals surface area (Å²) in [5.74, 6) is -1.46. The van der Waals surface area contributed by atoms with Crippen molar-refractivity contribution in [3.63, 3.8) is 0 Å². The van der Waals surface area contributed by atoms with E-state index in [4.69, 9.17) is 0 Å². The number of halogens is 2. The Labute approximate surface area is 104 Å². The maximum Gasteiger partial charge on any atom is 0.319 e. The molecule has 98 valence electrons. The average molecular weight is 255 g/mol. The summed E-state index contributed by atoms with van der Waals surface area (Å²) in [6.45, 7) is 1.15. The molecule has 0 unspecified atom stereocenters. The first-order valence-electron chi connectivity index (χ1n) is 5.88. The van der Waals surface area contributed by atoms with Crippen molar-refractivity contribution in [2.24, 2.45) is 0 Å². The Bertz CT molecular complexity index is 435. The Morgan fingerprint density at radius 2 is 2.06 bits per heavy atom. The highest BCUT2D eigenvalue weighted by atomic mass is 19.1. The van der Waals surface area contributed by atoms with E-state index < -0.39 is 17.7 Å². The summed E-state index contributed by atoms with van der Waals surface area (Å²) in [5, 5.41) is 8.13. The van der Waals surface area contributed by atoms with Gasteiger partial charge in [0.25, 0.3) is 0 Å². The van der Waals surface area contributed by atoms with E-state index in [1.807, 2.05) is 0 Å². The lowest BCUT2D eigenvalue weighted by atomic mass is 10.3. The van der Waals surface area contributed by atoms with Gasteiger partial charge >= 0.3 is 6.03 Å². The molecule has 0 saturated heterocycles. The molecule has 18 heavy (non-hydrogen) atoms. The second-order valence-corrected chi connectivity index (χ2v) is 4.23. The number of carbonyl (C=O) groups is 1. The van der Waals surface area contributed by atoms with E-state index in [-0.39, 0.29) is 5.69 Å². The van der Waals surface area contributed by atoms with E-state index in [1.165, 1.54) is 18.9 Å². The Morgan fingerprint density at radius 1 is 1.28 bits per heavy atom. The van der Waals surface area contributed by atoms with Gasteiger partial charge in [0.2, 0.25) is 0 Å². The minimum absolute atomic E-state index is 0.0379. The summed E-state index contributed by atoms with van der Waals surface area (Å²) in [5.41, 5.74) is -0.0379. The molecule has 1 aliphatic rings. The van der Waals surface area contributed by atoms with Crippen LogP contribution in [0.4, 0.5) is 19.3 Å². The number of hydrogen-bond donors (Lipinski definition) is 3. The van der Waals surface area contributed by atoms with Crippen LogP contribution in [0.3, 0.4) is 0 Å². The second kappa shape index (κ2) is 5.77. The third kappa shape index (κ3) is 3.96. The van der Waals surface area contributed by atoms with Crippen LogP contribution in [0.2, 0.25) is 0 Å². The zero-order valence-corrected chi connectivity index (χ0v) is 9.80. The molecular formula is C12H15F2N3O. The van der Waals surface area contributed by atoms with Crippen molar-refractivity contribution in [3.05, 3.63) is 29.8 Å². The number of anilines is 1. The standard InChI is InChI=1S/C12H15F2N3O/c13-8-1-4-11(10(14)7-8)17-12(18)16-6-5-15-9-2-3-9/h1,4,7,9,15H,2-3,5-6H2,(H2,16,17,18). The molecule has 0 aliphatic heterocycles. The van der Waals surface area contributed by atoms with Crippen LogP contribution < -0.4 is 16.0 Å². The summed E-state index contributed by atoms with van der Waals surface area (Å²) in [6.07, 6.45) is 2.37. The summed E-state index contributed by atoms with van der Waals surface area (Å²) in [6, 6.07) is 3.09. The molecule has 0 bridgehead atoms. The minimum Gasteiger partial charge on any atom is -0.337 e. The lowest BCUT2D eigenvalue weighted by Gasteiger charge is -2.08. The zero-order chi connectivity index (χ0) is 13.0. The quantitative estimate of drug-likeness (QED) is 0.703. The van der Waals surface area contributed by atoms with Crippen LogP contribution in [0.25, 0.3) is 0 Å². The fraction of sp³-hybridized carbons (Fsp3) is 0.417. The van der Waals surface area contributed by atoms with Gasteiger partial charge in [0.05, 0.1) is 5.69 Å². The fourth-order valence-electron chi connectivity index (χ4n) is 1.50. The molecule has 2 amide bonds. The molecule has 0 heterocycles. The smallest absolute Gasteiger partial charge is 0.319 e. The van der Waals surface area contributed by atoms with E-state index in [0.717, 1.165) is 12.1 Å². The van der Waals surface area contributed by atoms with Gasteiger partial charge in [-0.15, -0.1) is 0 Å². The van der Waals surface area contributed by atoms with Gasteiger partial charge in [-0.05, 0) is 25.0 Å². The van der Waals surface area contributed by atoms with Gasteiger partial charge in [-0.2, -0.15) is 0 Å². The number of carbonyl (C=O) groups excluding carboxylic acids is 1. The normalized spacial score (nSPS) is 14.3. The van der Waals surface area contributed by atoms with E-state index in [1.54, 1.807) is 0 Å². The number of amides is 2. The van der Waals surface area contributed by atoms with Crippen molar-refractivity contribution < 1.29 is 13.6 Å². The van der Waals surface area contributed by atoms with Crippen molar-refractivity contribution in [2.45, 2.75) is 18.9 Å². The SMILES string of the molecule is O=C(NCCNC1CC1)Nc1ccc(F)cc1F. The van der Waals surface area contributed by atoms with Gasteiger partial charge < -0.3 is 16.0 Å². The summed E-state index contributed by atoms with van der Waals surface area (Å²) >= 11 is 0. The highest BCUT2D eigenvalue weighted by Gasteiger charge is 2.19. The number of urea groups is 1. The van der Waals surface area contributed by atoms with Gasteiger partial charge in [-0.3, -0.25) is 0 Å².